The minimum Gasteiger partial charge on any atom is -0.508 e. The zero-order valence-electron chi connectivity index (χ0n) is 23.7. The third-order valence-electron chi connectivity index (χ3n) is 7.02. The van der Waals surface area contributed by atoms with E-state index in [2.05, 4.69) is 20.6 Å². The van der Waals surface area contributed by atoms with Crippen molar-refractivity contribution in [2.75, 3.05) is 4.90 Å². The Morgan fingerprint density at radius 1 is 0.761 bits per heavy atom. The molecule has 0 radical (unpaired) electrons. The third-order valence-corrected chi connectivity index (χ3v) is 7.02. The Kier molecular flexibility index (Phi) is 7.77. The number of nitro groups is 2. The van der Waals surface area contributed by atoms with Gasteiger partial charge in [0.25, 0.3) is 11.4 Å². The van der Waals surface area contributed by atoms with Gasteiger partial charge in [-0.05, 0) is 24.3 Å². The monoisotopic (exact) mass is 625 g/mol. The fourth-order valence-corrected chi connectivity index (χ4v) is 4.80. The van der Waals surface area contributed by atoms with Crippen LogP contribution in [0.2, 0.25) is 0 Å². The molecule has 0 atom stereocenters. The predicted molar refractivity (Wildman–Crippen MR) is 160 cm³/mol. The van der Waals surface area contributed by atoms with Crippen molar-refractivity contribution in [1.82, 2.24) is 30.0 Å². The average Bonchev–Trinajstić information content (AvgIpc) is 3.67. The van der Waals surface area contributed by atoms with Gasteiger partial charge < -0.3 is 19.5 Å². The molecule has 0 spiro atoms. The van der Waals surface area contributed by atoms with E-state index in [1.807, 2.05) is 0 Å². The lowest BCUT2D eigenvalue weighted by Crippen LogP contribution is -2.24. The fourth-order valence-electron chi connectivity index (χ4n) is 4.80. The Balaban J connectivity index is 1.27. The molecule has 0 unspecified atom stereocenters. The van der Waals surface area contributed by atoms with Crippen molar-refractivity contribution in [3.8, 4) is 11.5 Å². The van der Waals surface area contributed by atoms with Crippen LogP contribution in [0.4, 0.5) is 17.3 Å². The van der Waals surface area contributed by atoms with Crippen LogP contribution < -0.4 is 10.3 Å². The molecule has 46 heavy (non-hydrogen) atoms. The van der Waals surface area contributed by atoms with E-state index >= 15 is 0 Å². The lowest BCUT2D eigenvalue weighted by molar-refractivity contribution is -0.385. The number of non-ortho nitro benzene ring substituents is 2. The van der Waals surface area contributed by atoms with Crippen molar-refractivity contribution in [3.63, 3.8) is 0 Å². The van der Waals surface area contributed by atoms with Crippen LogP contribution in [0.5, 0.6) is 11.5 Å². The number of anilines is 1. The van der Waals surface area contributed by atoms with Crippen LogP contribution in [-0.4, -0.2) is 50.0 Å². The van der Waals surface area contributed by atoms with E-state index in [1.54, 1.807) is 41.6 Å². The maximum absolute atomic E-state index is 12.9. The Morgan fingerprint density at radius 2 is 1.28 bits per heavy atom. The summed E-state index contributed by atoms with van der Waals surface area (Å²) in [6.45, 7) is 0.177. The van der Waals surface area contributed by atoms with Gasteiger partial charge in [-0.2, -0.15) is 0 Å². The van der Waals surface area contributed by atoms with E-state index in [-0.39, 0.29) is 71.5 Å². The number of nitrogens with zero attached hydrogens (tertiary/aromatic N) is 9. The van der Waals surface area contributed by atoms with Gasteiger partial charge in [-0.3, -0.25) is 25.0 Å². The highest BCUT2D eigenvalue weighted by molar-refractivity contribution is 5.77. The number of hydrogen-bond acceptors (Lipinski definition) is 13. The van der Waals surface area contributed by atoms with Gasteiger partial charge in [0.15, 0.2) is 5.43 Å². The molecule has 3 aromatic heterocycles. The molecule has 0 aliphatic carbocycles. The summed E-state index contributed by atoms with van der Waals surface area (Å²) in [7, 11) is 0. The highest BCUT2D eigenvalue weighted by Crippen LogP contribution is 2.26. The summed E-state index contributed by atoms with van der Waals surface area (Å²) >= 11 is 0. The molecule has 0 aliphatic heterocycles. The zero-order valence-corrected chi connectivity index (χ0v) is 23.7. The highest BCUT2D eigenvalue weighted by Gasteiger charge is 2.19. The molecule has 17 heteroatoms. The van der Waals surface area contributed by atoms with Crippen LogP contribution in [0.15, 0.2) is 88.3 Å². The topological polar surface area (TPSA) is 222 Å². The largest absolute Gasteiger partial charge is 0.508 e. The molecule has 2 N–H and O–H groups in total. The van der Waals surface area contributed by atoms with E-state index in [0.717, 1.165) is 0 Å². The molecule has 0 fully saturated rings. The number of fused-ring (bicyclic) bond motifs is 1. The van der Waals surface area contributed by atoms with Gasteiger partial charge in [-0.15, -0.1) is 10.2 Å². The molecule has 17 nitrogen and oxygen atoms in total. The van der Waals surface area contributed by atoms with E-state index in [9.17, 15) is 35.2 Å². The first-order valence-corrected chi connectivity index (χ1v) is 13.6. The first kappa shape index (κ1) is 29.4. The van der Waals surface area contributed by atoms with Gasteiger partial charge in [0.05, 0.1) is 53.8 Å². The van der Waals surface area contributed by atoms with E-state index in [4.69, 9.17) is 4.42 Å². The van der Waals surface area contributed by atoms with Gasteiger partial charge in [0.1, 0.15) is 28.5 Å². The Morgan fingerprint density at radius 3 is 1.80 bits per heavy atom. The van der Waals surface area contributed by atoms with Crippen molar-refractivity contribution in [3.05, 3.63) is 132 Å². The standard InChI is InChI=1S/C29H23N9O8/c39-25-7-5-22(37(42)43)9-18(25)12-35-16-20(30-32-35)14-34(29-11-27(41)24-3-1-2-4-28(24)46-29)15-21-17-36(33-31-21)13-19-10-23(38(44)45)6-8-26(19)40/h1-11,16-17,39-40H,12-15H2. The lowest BCUT2D eigenvalue weighted by atomic mass is 10.2. The fraction of sp³-hybridized carbons (Fsp3) is 0.138. The minimum atomic E-state index is -0.562. The molecule has 6 rings (SSSR count). The summed E-state index contributed by atoms with van der Waals surface area (Å²) in [5.74, 6) is -0.0621. The molecule has 232 valence electrons. The summed E-state index contributed by atoms with van der Waals surface area (Å²) in [4.78, 5) is 35.9. The van der Waals surface area contributed by atoms with Crippen LogP contribution in [0.1, 0.15) is 22.5 Å². The number of nitro benzene ring substituents is 2. The number of para-hydroxylation sites is 1. The van der Waals surface area contributed by atoms with Crippen molar-refractivity contribution in [2.24, 2.45) is 0 Å². The lowest BCUT2D eigenvalue weighted by Gasteiger charge is -2.21. The Bertz CT molecular complexity index is 2050. The summed E-state index contributed by atoms with van der Waals surface area (Å²) in [5, 5.41) is 59.8. The molecule has 0 saturated heterocycles. The number of aromatic nitrogens is 6. The molecular formula is C29H23N9O8. The van der Waals surface area contributed by atoms with Crippen molar-refractivity contribution < 1.29 is 24.5 Å². The highest BCUT2D eigenvalue weighted by atomic mass is 16.6. The molecule has 3 heterocycles. The van der Waals surface area contributed by atoms with Crippen LogP contribution in [0.3, 0.4) is 0 Å². The summed E-state index contributed by atoms with van der Waals surface area (Å²) < 4.78 is 8.89. The summed E-state index contributed by atoms with van der Waals surface area (Å²) in [6, 6.07) is 15.5. The molecule has 0 bridgehead atoms. The Labute approximate surface area is 257 Å². The molecule has 3 aromatic carbocycles. The second kappa shape index (κ2) is 12.2. The molecular weight excluding hydrogens is 602 g/mol. The van der Waals surface area contributed by atoms with Gasteiger partial charge in [-0.25, -0.2) is 9.36 Å². The van der Waals surface area contributed by atoms with Gasteiger partial charge in [-0.1, -0.05) is 22.6 Å². The number of rotatable bonds is 11. The van der Waals surface area contributed by atoms with Crippen LogP contribution in [-0.2, 0) is 26.2 Å². The number of benzene rings is 3. The molecule has 0 amide bonds. The molecule has 0 saturated carbocycles. The predicted octanol–water partition coefficient (Wildman–Crippen LogP) is 3.51. The van der Waals surface area contributed by atoms with E-state index in [1.165, 1.54) is 51.8 Å². The maximum Gasteiger partial charge on any atom is 0.270 e. The molecule has 6 aromatic rings. The molecule has 0 aliphatic rings. The number of phenolic OH excluding ortho intramolecular Hbond substituents is 2. The van der Waals surface area contributed by atoms with Crippen LogP contribution in [0, 0.1) is 20.2 Å². The number of aromatic hydroxyl groups is 2. The maximum atomic E-state index is 12.9. The second-order valence-corrected chi connectivity index (χ2v) is 10.3. The van der Waals surface area contributed by atoms with Crippen molar-refractivity contribution in [1.29, 1.82) is 0 Å². The van der Waals surface area contributed by atoms with Gasteiger partial charge in [0, 0.05) is 41.5 Å². The smallest absolute Gasteiger partial charge is 0.270 e. The average molecular weight is 626 g/mol. The third kappa shape index (κ3) is 6.32. The minimum absolute atomic E-state index is 0.00436. The number of hydrogen-bond donors (Lipinski definition) is 2. The number of phenols is 2. The van der Waals surface area contributed by atoms with Gasteiger partial charge >= 0.3 is 0 Å². The van der Waals surface area contributed by atoms with Crippen molar-refractivity contribution >= 4 is 28.2 Å². The Hall–Kier alpha value is -6.65. The van der Waals surface area contributed by atoms with Crippen LogP contribution >= 0.6 is 0 Å². The first-order chi connectivity index (χ1) is 22.1. The van der Waals surface area contributed by atoms with Gasteiger partial charge in [0.2, 0.25) is 5.88 Å². The summed E-state index contributed by atoms with van der Waals surface area (Å²) in [6.07, 6.45) is 3.18. The SMILES string of the molecule is O=c1cc(N(Cc2cn(Cc3cc([N+](=O)[O-])ccc3O)nn2)Cc2cn(Cc3cc([N+](=O)[O-])ccc3O)nn2)oc2ccccc12. The normalized spacial score (nSPS) is 11.1. The van der Waals surface area contributed by atoms with E-state index < -0.39 is 9.85 Å². The summed E-state index contributed by atoms with van der Waals surface area (Å²) in [5.41, 5.74) is 1.16. The quantitative estimate of drug-likeness (QED) is 0.156. The first-order valence-electron chi connectivity index (χ1n) is 13.6. The van der Waals surface area contributed by atoms with E-state index in [0.29, 0.717) is 22.4 Å². The van der Waals surface area contributed by atoms with Crippen LogP contribution in [0.25, 0.3) is 11.0 Å². The second-order valence-electron chi connectivity index (χ2n) is 10.3. The van der Waals surface area contributed by atoms with Crippen molar-refractivity contribution in [2.45, 2.75) is 26.2 Å². The zero-order chi connectivity index (χ0) is 32.4.